The summed E-state index contributed by atoms with van der Waals surface area (Å²) in [5.74, 6) is -0.431. The zero-order chi connectivity index (χ0) is 37.8. The van der Waals surface area contributed by atoms with Crippen molar-refractivity contribution in [3.63, 3.8) is 0 Å². The van der Waals surface area contributed by atoms with E-state index in [1.54, 1.807) is 0 Å². The summed E-state index contributed by atoms with van der Waals surface area (Å²) in [7, 11) is 0. The largest absolute Gasteiger partial charge is 0.462 e. The number of allylic oxidation sites excluding steroid dienone is 8. The highest BCUT2D eigenvalue weighted by molar-refractivity contribution is 5.70. The molecule has 0 fully saturated rings. The van der Waals surface area contributed by atoms with Gasteiger partial charge in [-0.3, -0.25) is 9.59 Å². The van der Waals surface area contributed by atoms with Crippen LogP contribution in [0.15, 0.2) is 48.6 Å². The maximum Gasteiger partial charge on any atom is 0.306 e. The average molecular weight is 729 g/mol. The van der Waals surface area contributed by atoms with E-state index in [2.05, 4.69) is 69.4 Å². The fourth-order valence-electron chi connectivity index (χ4n) is 5.98. The van der Waals surface area contributed by atoms with Gasteiger partial charge in [0.05, 0.1) is 6.61 Å². The summed E-state index contributed by atoms with van der Waals surface area (Å²) in [5, 5.41) is 0. The Bertz CT molecular complexity index is 873. The molecule has 5 heteroatoms. The van der Waals surface area contributed by atoms with E-state index in [9.17, 15) is 9.59 Å². The Morgan fingerprint density at radius 2 is 0.808 bits per heavy atom. The minimum atomic E-state index is -0.540. The zero-order valence-electron chi connectivity index (χ0n) is 34.6. The van der Waals surface area contributed by atoms with Crippen LogP contribution < -0.4 is 0 Å². The van der Waals surface area contributed by atoms with Crippen molar-refractivity contribution >= 4 is 11.9 Å². The molecule has 1 atom stereocenters. The van der Waals surface area contributed by atoms with Gasteiger partial charge in [-0.15, -0.1) is 0 Å². The Hall–Kier alpha value is -2.14. The molecule has 0 rings (SSSR count). The van der Waals surface area contributed by atoms with Crippen molar-refractivity contribution in [2.75, 3.05) is 19.8 Å². The third kappa shape index (κ3) is 40.6. The van der Waals surface area contributed by atoms with Gasteiger partial charge >= 0.3 is 11.9 Å². The van der Waals surface area contributed by atoms with Crippen LogP contribution in [0.5, 0.6) is 0 Å². The molecule has 0 spiro atoms. The predicted molar refractivity (Wildman–Crippen MR) is 224 cm³/mol. The molecule has 302 valence electrons. The molecule has 1 unspecified atom stereocenters. The molecule has 0 aromatic carbocycles. The van der Waals surface area contributed by atoms with E-state index in [0.29, 0.717) is 19.4 Å². The number of carbonyl (C=O) groups excluding carboxylic acids is 2. The highest BCUT2D eigenvalue weighted by Gasteiger charge is 2.17. The van der Waals surface area contributed by atoms with Crippen LogP contribution >= 0.6 is 0 Å². The van der Waals surface area contributed by atoms with Crippen molar-refractivity contribution in [2.24, 2.45) is 0 Å². The van der Waals surface area contributed by atoms with E-state index < -0.39 is 6.10 Å². The highest BCUT2D eigenvalue weighted by atomic mass is 16.6. The second kappa shape index (κ2) is 43.3. The number of hydrogen-bond acceptors (Lipinski definition) is 5. The van der Waals surface area contributed by atoms with Crippen LogP contribution in [0.4, 0.5) is 0 Å². The smallest absolute Gasteiger partial charge is 0.306 e. The lowest BCUT2D eigenvalue weighted by Gasteiger charge is -2.18. The minimum Gasteiger partial charge on any atom is -0.462 e. The molecule has 0 aliphatic rings. The summed E-state index contributed by atoms with van der Waals surface area (Å²) in [6.07, 6.45) is 51.3. The molecule has 0 N–H and O–H groups in total. The van der Waals surface area contributed by atoms with Crippen LogP contribution in [0.1, 0.15) is 213 Å². The molecule has 5 nitrogen and oxygen atoms in total. The van der Waals surface area contributed by atoms with Gasteiger partial charge in [-0.2, -0.15) is 0 Å². The van der Waals surface area contributed by atoms with Crippen molar-refractivity contribution in [3.05, 3.63) is 48.6 Å². The first-order valence-electron chi connectivity index (χ1n) is 22.2. The maximum absolute atomic E-state index is 12.5. The number of hydrogen-bond donors (Lipinski definition) is 0. The Morgan fingerprint density at radius 1 is 0.423 bits per heavy atom. The summed E-state index contributed by atoms with van der Waals surface area (Å²) >= 11 is 0. The molecule has 0 heterocycles. The standard InChI is InChI=1S/C47H84O5/c1-4-7-10-13-15-17-19-21-23-25-27-29-31-33-36-39-42-50-43-45(52-47(49)41-38-34-12-9-6-3)44-51-46(48)40-37-35-32-30-28-26-24-22-20-18-16-14-11-8-5-2/h15-18,21-24,45H,4-14,19-20,25-44H2,1-3H3/b17-15-,18-16-,23-21-,24-22-. The zero-order valence-corrected chi connectivity index (χ0v) is 34.6. The Balaban J connectivity index is 4.11. The number of ether oxygens (including phenoxy) is 3. The first-order valence-corrected chi connectivity index (χ1v) is 22.2. The molecule has 0 saturated heterocycles. The highest BCUT2D eigenvalue weighted by Crippen LogP contribution is 2.12. The van der Waals surface area contributed by atoms with Gasteiger partial charge in [0.1, 0.15) is 6.61 Å². The first kappa shape index (κ1) is 49.9. The third-order valence-corrected chi connectivity index (χ3v) is 9.34. The molecule has 0 aliphatic carbocycles. The summed E-state index contributed by atoms with van der Waals surface area (Å²) < 4.78 is 17.2. The summed E-state index contributed by atoms with van der Waals surface area (Å²) in [4.78, 5) is 25.0. The van der Waals surface area contributed by atoms with Crippen molar-refractivity contribution in [1.82, 2.24) is 0 Å². The van der Waals surface area contributed by atoms with E-state index in [4.69, 9.17) is 14.2 Å². The number of rotatable bonds is 40. The average Bonchev–Trinajstić information content (AvgIpc) is 3.14. The molecule has 0 saturated carbocycles. The maximum atomic E-state index is 12.5. The lowest BCUT2D eigenvalue weighted by molar-refractivity contribution is -0.163. The fourth-order valence-corrected chi connectivity index (χ4v) is 5.98. The lowest BCUT2D eigenvalue weighted by Crippen LogP contribution is -2.30. The van der Waals surface area contributed by atoms with Crippen LogP contribution in [-0.2, 0) is 23.8 Å². The molecule has 52 heavy (non-hydrogen) atoms. The van der Waals surface area contributed by atoms with Crippen molar-refractivity contribution < 1.29 is 23.8 Å². The first-order chi connectivity index (χ1) is 25.6. The molecule has 0 bridgehead atoms. The van der Waals surface area contributed by atoms with Gasteiger partial charge in [0.2, 0.25) is 0 Å². The minimum absolute atomic E-state index is 0.0738. The molecule has 0 radical (unpaired) electrons. The number of esters is 2. The van der Waals surface area contributed by atoms with Crippen LogP contribution in [0.2, 0.25) is 0 Å². The second-order valence-electron chi connectivity index (χ2n) is 14.6. The SMILES string of the molecule is CCCCC/C=C\C/C=C\CCCCCCCCOCC(COC(=O)CCCCCCC/C=C\C/C=C\CCCCC)OC(=O)CCCCCCC. The molecular weight excluding hydrogens is 645 g/mol. The van der Waals surface area contributed by atoms with Crippen LogP contribution in [0.3, 0.4) is 0 Å². The summed E-state index contributed by atoms with van der Waals surface area (Å²) in [6.45, 7) is 7.67. The van der Waals surface area contributed by atoms with Crippen molar-refractivity contribution in [1.29, 1.82) is 0 Å². The van der Waals surface area contributed by atoms with E-state index in [1.165, 1.54) is 109 Å². The molecular formula is C47H84O5. The van der Waals surface area contributed by atoms with Crippen LogP contribution in [0, 0.1) is 0 Å². The van der Waals surface area contributed by atoms with Gasteiger partial charge < -0.3 is 14.2 Å². The Morgan fingerprint density at radius 3 is 1.31 bits per heavy atom. The van der Waals surface area contributed by atoms with E-state index in [1.807, 2.05) is 0 Å². The monoisotopic (exact) mass is 729 g/mol. The molecule has 0 aromatic heterocycles. The van der Waals surface area contributed by atoms with Crippen molar-refractivity contribution in [2.45, 2.75) is 219 Å². The van der Waals surface area contributed by atoms with E-state index >= 15 is 0 Å². The number of carbonyl (C=O) groups is 2. The van der Waals surface area contributed by atoms with Gasteiger partial charge in [-0.25, -0.2) is 0 Å². The lowest BCUT2D eigenvalue weighted by atomic mass is 10.1. The topological polar surface area (TPSA) is 61.8 Å². The quantitative estimate of drug-likeness (QED) is 0.0357. The summed E-state index contributed by atoms with van der Waals surface area (Å²) in [6, 6.07) is 0. The predicted octanol–water partition coefficient (Wildman–Crippen LogP) is 14.4. The van der Waals surface area contributed by atoms with Gasteiger partial charge in [-0.05, 0) is 83.5 Å². The van der Waals surface area contributed by atoms with Gasteiger partial charge in [0, 0.05) is 19.4 Å². The number of unbranched alkanes of at least 4 members (excludes halogenated alkanes) is 21. The Labute approximate surface area is 322 Å². The Kier molecular flexibility index (Phi) is 41.5. The van der Waals surface area contributed by atoms with E-state index in [0.717, 1.165) is 70.6 Å². The summed E-state index contributed by atoms with van der Waals surface area (Å²) in [5.41, 5.74) is 0. The molecule has 0 amide bonds. The third-order valence-electron chi connectivity index (χ3n) is 9.34. The molecule has 0 aromatic rings. The second-order valence-corrected chi connectivity index (χ2v) is 14.6. The van der Waals surface area contributed by atoms with Crippen LogP contribution in [0.25, 0.3) is 0 Å². The van der Waals surface area contributed by atoms with Gasteiger partial charge in [-0.1, -0.05) is 166 Å². The fraction of sp³-hybridized carbons (Fsp3) is 0.787. The molecule has 0 aliphatic heterocycles. The van der Waals surface area contributed by atoms with Crippen LogP contribution in [-0.4, -0.2) is 37.9 Å². The van der Waals surface area contributed by atoms with Gasteiger partial charge in [0.25, 0.3) is 0 Å². The van der Waals surface area contributed by atoms with E-state index in [-0.39, 0.29) is 25.2 Å². The van der Waals surface area contributed by atoms with Gasteiger partial charge in [0.15, 0.2) is 6.10 Å². The van der Waals surface area contributed by atoms with Crippen molar-refractivity contribution in [3.8, 4) is 0 Å². The normalized spacial score (nSPS) is 12.6.